The molecule has 0 saturated heterocycles. The molecule has 14 heavy (non-hydrogen) atoms. The summed E-state index contributed by atoms with van der Waals surface area (Å²) in [5.74, 6) is 0. The fraction of sp³-hybridized carbons (Fsp3) is 0. The summed E-state index contributed by atoms with van der Waals surface area (Å²) >= 11 is 2.41. The fourth-order valence-corrected chi connectivity index (χ4v) is 1.38. The minimum Gasteiger partial charge on any atom is -0.194 e. The predicted molar refractivity (Wildman–Crippen MR) is 60.2 cm³/mol. The van der Waals surface area contributed by atoms with E-state index in [0.29, 0.717) is 0 Å². The van der Waals surface area contributed by atoms with Gasteiger partial charge in [0.2, 0.25) is 0 Å². The van der Waals surface area contributed by atoms with Crippen molar-refractivity contribution in [2.24, 2.45) is 0 Å². The van der Waals surface area contributed by atoms with Crippen LogP contribution < -0.4 is 0 Å². The molecule has 0 fully saturated rings. The Balaban J connectivity index is 0.00000169. The first-order valence-electron chi connectivity index (χ1n) is 3.42. The van der Waals surface area contributed by atoms with E-state index in [-0.39, 0.29) is 29.6 Å². The van der Waals surface area contributed by atoms with Gasteiger partial charge in [0.05, 0.1) is 5.41 Å². The molecule has 1 radical (unpaired) electrons. The zero-order chi connectivity index (χ0) is 9.73. The van der Waals surface area contributed by atoms with Crippen molar-refractivity contribution in [2.45, 2.75) is 0 Å². The first-order valence-corrected chi connectivity index (χ1v) is 5.54. The second-order valence-electron chi connectivity index (χ2n) is 2.27. The molecule has 0 aliphatic heterocycles. The van der Waals surface area contributed by atoms with E-state index in [1.807, 2.05) is 18.2 Å². The van der Waals surface area contributed by atoms with E-state index in [4.69, 9.17) is 0 Å². The Bertz CT molecular complexity index is 388. The molecule has 6 heteroatoms. The molecule has 0 unspecified atom stereocenters. The van der Waals surface area contributed by atoms with Gasteiger partial charge in [0, 0.05) is 29.6 Å². The Morgan fingerprint density at radius 3 is 2.29 bits per heavy atom. The van der Waals surface area contributed by atoms with E-state index in [2.05, 4.69) is 19.5 Å². The molecule has 0 aliphatic rings. The zero-order valence-electron chi connectivity index (χ0n) is 7.55. The quantitative estimate of drug-likeness (QED) is 0.797. The van der Waals surface area contributed by atoms with Crippen molar-refractivity contribution in [3.8, 4) is 0 Å². The minimum absolute atomic E-state index is 0. The van der Waals surface area contributed by atoms with Crippen molar-refractivity contribution in [1.29, 1.82) is 0 Å². The molecule has 71 valence electrons. The summed E-state index contributed by atoms with van der Waals surface area (Å²) < 4.78 is 25.7. The Labute approximate surface area is 114 Å². The van der Waals surface area contributed by atoms with Crippen LogP contribution >= 0.6 is 16.3 Å². The Hall–Kier alpha value is 0.350. The normalized spacial score (nSPS) is 11.2. The van der Waals surface area contributed by atoms with Crippen LogP contribution in [0.15, 0.2) is 35.7 Å². The van der Waals surface area contributed by atoms with Gasteiger partial charge in [0.25, 0.3) is 0 Å². The maximum Gasteiger partial charge on any atom is 0.300 e. The number of halogens is 1. The number of rotatable bonds is 3. The first-order chi connectivity index (χ1) is 6.14. The van der Waals surface area contributed by atoms with Crippen molar-refractivity contribution < 1.29 is 11.7 Å². The van der Waals surface area contributed by atoms with Gasteiger partial charge in [-0.2, -0.15) is 11.7 Å². The average molecular weight is 286 g/mol. The molecule has 1 rings (SSSR count). The molecular formula is C8H7BrNaO3S. The summed E-state index contributed by atoms with van der Waals surface area (Å²) in [6.45, 7) is 0. The molecule has 0 bridgehead atoms. The van der Waals surface area contributed by atoms with Crippen LogP contribution in [0.4, 0.5) is 0 Å². The Kier molecular flexibility index (Phi) is 6.93. The van der Waals surface area contributed by atoms with Gasteiger partial charge in [0.1, 0.15) is 16.3 Å². The van der Waals surface area contributed by atoms with Gasteiger partial charge in [0.15, 0.2) is 0 Å². The van der Waals surface area contributed by atoms with Gasteiger partial charge >= 0.3 is 10.1 Å². The van der Waals surface area contributed by atoms with E-state index in [0.717, 1.165) is 11.0 Å². The fourth-order valence-electron chi connectivity index (χ4n) is 0.747. The van der Waals surface area contributed by atoms with E-state index < -0.39 is 10.1 Å². The van der Waals surface area contributed by atoms with Crippen molar-refractivity contribution in [3.05, 3.63) is 41.3 Å². The topological polar surface area (TPSA) is 43.4 Å². The van der Waals surface area contributed by atoms with Crippen LogP contribution in [-0.2, 0) is 13.4 Å². The molecule has 0 heterocycles. The van der Waals surface area contributed by atoms with Crippen molar-refractivity contribution in [1.82, 2.24) is 0 Å². The van der Waals surface area contributed by atoms with Crippen LogP contribution in [0.5, 0.6) is 0 Å². The minimum atomic E-state index is -3.58. The third kappa shape index (κ3) is 5.29. The largest absolute Gasteiger partial charge is 0.300 e. The van der Waals surface area contributed by atoms with Crippen LogP contribution in [0.25, 0.3) is 6.08 Å². The summed E-state index contributed by atoms with van der Waals surface area (Å²) in [5, 5.41) is 0.983. The molecule has 0 atom stereocenters. The molecule has 0 spiro atoms. The van der Waals surface area contributed by atoms with Crippen molar-refractivity contribution in [2.75, 3.05) is 0 Å². The van der Waals surface area contributed by atoms with Gasteiger partial charge in [-0.3, -0.25) is 0 Å². The molecule has 0 saturated carbocycles. The van der Waals surface area contributed by atoms with Gasteiger partial charge in [-0.05, 0) is 11.6 Å². The van der Waals surface area contributed by atoms with E-state index in [1.165, 1.54) is 6.08 Å². The molecule has 0 N–H and O–H groups in total. The van der Waals surface area contributed by atoms with Crippen LogP contribution in [0.1, 0.15) is 5.56 Å². The number of hydrogen-bond acceptors (Lipinski definition) is 3. The van der Waals surface area contributed by atoms with Crippen molar-refractivity contribution in [3.63, 3.8) is 0 Å². The predicted octanol–water partition coefficient (Wildman–Crippen LogP) is 1.93. The first kappa shape index (κ1) is 14.3. The van der Waals surface area contributed by atoms with Crippen LogP contribution in [-0.4, -0.2) is 38.0 Å². The molecule has 0 amide bonds. The average Bonchev–Trinajstić information content (AvgIpc) is 2.17. The SMILES string of the molecule is O=S(=O)(C=Cc1ccccc1)OBr.[Na]. The van der Waals surface area contributed by atoms with Crippen LogP contribution in [0, 0.1) is 0 Å². The van der Waals surface area contributed by atoms with Gasteiger partial charge < -0.3 is 0 Å². The van der Waals surface area contributed by atoms with Crippen molar-refractivity contribution >= 4 is 62.0 Å². The summed E-state index contributed by atoms with van der Waals surface area (Å²) in [7, 11) is -3.58. The van der Waals surface area contributed by atoms with E-state index in [1.54, 1.807) is 12.1 Å². The Morgan fingerprint density at radius 2 is 1.79 bits per heavy atom. The third-order valence-corrected chi connectivity index (χ3v) is 3.06. The van der Waals surface area contributed by atoms with E-state index in [9.17, 15) is 8.42 Å². The summed E-state index contributed by atoms with van der Waals surface area (Å²) in [4.78, 5) is 0. The molecule has 3 nitrogen and oxygen atoms in total. The molecule has 1 aromatic carbocycles. The summed E-state index contributed by atoms with van der Waals surface area (Å²) in [5.41, 5.74) is 0.802. The summed E-state index contributed by atoms with van der Waals surface area (Å²) in [6, 6.07) is 9.08. The number of benzene rings is 1. The van der Waals surface area contributed by atoms with Gasteiger partial charge in [-0.15, -0.1) is 0 Å². The van der Waals surface area contributed by atoms with Gasteiger partial charge in [-0.1, -0.05) is 30.3 Å². The standard InChI is InChI=1S/C8H7BrO3S.Na/c9-12-13(10,11)7-6-8-4-2-1-3-5-8;/h1-7H;. The third-order valence-electron chi connectivity index (χ3n) is 1.31. The monoisotopic (exact) mass is 285 g/mol. The second kappa shape index (κ2) is 6.76. The van der Waals surface area contributed by atoms with Crippen LogP contribution in [0.3, 0.4) is 0 Å². The molecule has 0 aliphatic carbocycles. The smallest absolute Gasteiger partial charge is 0.194 e. The zero-order valence-corrected chi connectivity index (χ0v) is 12.0. The number of hydrogen-bond donors (Lipinski definition) is 0. The maximum atomic E-state index is 10.8. The van der Waals surface area contributed by atoms with Crippen LogP contribution in [0.2, 0.25) is 0 Å². The van der Waals surface area contributed by atoms with E-state index >= 15 is 0 Å². The van der Waals surface area contributed by atoms with Gasteiger partial charge in [-0.25, -0.2) is 0 Å². The molecular weight excluding hydrogens is 279 g/mol. The second-order valence-corrected chi connectivity index (χ2v) is 4.45. The Morgan fingerprint density at radius 1 is 1.21 bits per heavy atom. The molecule has 0 aromatic heterocycles. The summed E-state index contributed by atoms with van der Waals surface area (Å²) in [6.07, 6.45) is 1.45. The maximum absolute atomic E-state index is 10.8. The molecule has 1 aromatic rings.